The Morgan fingerprint density at radius 1 is 1.43 bits per heavy atom. The monoisotopic (exact) mass is 368 g/mol. The van der Waals surface area contributed by atoms with E-state index in [9.17, 15) is 0 Å². The van der Waals surface area contributed by atoms with E-state index in [1.165, 1.54) is 10.4 Å². The fourth-order valence-corrected chi connectivity index (χ4v) is 3.55. The number of ether oxygens (including phenoxy) is 1. The van der Waals surface area contributed by atoms with Crippen molar-refractivity contribution in [3.05, 3.63) is 50.4 Å². The van der Waals surface area contributed by atoms with Gasteiger partial charge in [0.25, 0.3) is 0 Å². The molecule has 0 spiro atoms. The number of methoxy groups -OCH3 is 1. The van der Waals surface area contributed by atoms with Crippen LogP contribution in [-0.4, -0.2) is 31.8 Å². The lowest BCUT2D eigenvalue weighted by atomic mass is 9.95. The zero-order valence-electron chi connectivity index (χ0n) is 12.4. The van der Waals surface area contributed by atoms with Crippen molar-refractivity contribution in [3.63, 3.8) is 0 Å². The van der Waals surface area contributed by atoms with E-state index in [2.05, 4.69) is 57.4 Å². The molecule has 0 radical (unpaired) electrons. The van der Waals surface area contributed by atoms with Gasteiger partial charge in [-0.3, -0.25) is 0 Å². The van der Waals surface area contributed by atoms with Gasteiger partial charge in [0, 0.05) is 41.7 Å². The van der Waals surface area contributed by atoms with Crippen molar-refractivity contribution in [1.82, 2.24) is 10.3 Å². The van der Waals surface area contributed by atoms with Crippen LogP contribution in [0.25, 0.3) is 0 Å². The molecular formula is C16H21BrN2OS. The highest BCUT2D eigenvalue weighted by atomic mass is 79.9. The summed E-state index contributed by atoms with van der Waals surface area (Å²) in [5.41, 5.74) is 1.35. The summed E-state index contributed by atoms with van der Waals surface area (Å²) < 4.78 is 6.22. The minimum atomic E-state index is 0.444. The van der Waals surface area contributed by atoms with Crippen molar-refractivity contribution >= 4 is 27.3 Å². The molecular weight excluding hydrogens is 348 g/mol. The predicted octanol–water partition coefficient (Wildman–Crippen LogP) is 3.78. The van der Waals surface area contributed by atoms with E-state index in [1.807, 2.05) is 6.20 Å². The number of benzene rings is 1. The van der Waals surface area contributed by atoms with Crippen LogP contribution in [0, 0.1) is 6.92 Å². The Kier molecular flexibility index (Phi) is 6.83. The third-order valence-electron chi connectivity index (χ3n) is 3.31. The quantitative estimate of drug-likeness (QED) is 0.720. The molecule has 0 aliphatic rings. The Labute approximate surface area is 138 Å². The maximum Gasteiger partial charge on any atom is 0.0896 e. The normalized spacial score (nSPS) is 12.5. The molecule has 0 fully saturated rings. The first-order chi connectivity index (χ1) is 10.2. The molecule has 1 N–H and O–H groups in total. The van der Waals surface area contributed by atoms with Crippen LogP contribution in [0.3, 0.4) is 0 Å². The van der Waals surface area contributed by atoms with Crippen molar-refractivity contribution in [2.75, 3.05) is 26.8 Å². The first kappa shape index (κ1) is 16.6. The maximum atomic E-state index is 5.09. The van der Waals surface area contributed by atoms with Crippen LogP contribution in [0.2, 0.25) is 0 Å². The van der Waals surface area contributed by atoms with Gasteiger partial charge in [-0.15, -0.1) is 11.3 Å². The second-order valence-corrected chi connectivity index (χ2v) is 7.23. The van der Waals surface area contributed by atoms with Gasteiger partial charge in [0.1, 0.15) is 0 Å². The number of hydrogen-bond donors (Lipinski definition) is 1. The molecule has 2 aromatic rings. The highest BCUT2D eigenvalue weighted by Gasteiger charge is 2.14. The number of thiazole rings is 1. The number of nitrogens with one attached hydrogen (secondary N) is 1. The van der Waals surface area contributed by atoms with Crippen molar-refractivity contribution in [1.29, 1.82) is 0 Å². The van der Waals surface area contributed by atoms with Crippen LogP contribution in [0.15, 0.2) is 34.9 Å². The van der Waals surface area contributed by atoms with Gasteiger partial charge in [-0.05, 0) is 31.0 Å². The number of nitrogens with zero attached hydrogens (tertiary/aromatic N) is 1. The molecule has 0 amide bonds. The van der Waals surface area contributed by atoms with Crippen molar-refractivity contribution in [2.45, 2.75) is 19.3 Å². The summed E-state index contributed by atoms with van der Waals surface area (Å²) >= 11 is 5.35. The van der Waals surface area contributed by atoms with Gasteiger partial charge in [-0.1, -0.05) is 28.1 Å². The summed E-state index contributed by atoms with van der Waals surface area (Å²) in [6.45, 7) is 4.61. The second kappa shape index (κ2) is 8.63. The average molecular weight is 369 g/mol. The second-order valence-electron chi connectivity index (χ2n) is 5.00. The topological polar surface area (TPSA) is 34.1 Å². The molecule has 2 rings (SSSR count). The first-order valence-corrected chi connectivity index (χ1v) is 8.66. The number of hydrogen-bond acceptors (Lipinski definition) is 4. The predicted molar refractivity (Wildman–Crippen MR) is 92.2 cm³/mol. The van der Waals surface area contributed by atoms with Gasteiger partial charge in [0.05, 0.1) is 11.6 Å². The molecule has 21 heavy (non-hydrogen) atoms. The minimum absolute atomic E-state index is 0.444. The van der Waals surface area contributed by atoms with Crippen LogP contribution >= 0.6 is 27.3 Å². The van der Waals surface area contributed by atoms with Crippen molar-refractivity contribution < 1.29 is 4.74 Å². The Balaban J connectivity index is 2.06. The van der Waals surface area contributed by atoms with Crippen LogP contribution < -0.4 is 5.32 Å². The lowest BCUT2D eigenvalue weighted by Crippen LogP contribution is -2.26. The molecule has 0 saturated carbocycles. The number of aromatic nitrogens is 1. The molecule has 1 atom stereocenters. The minimum Gasteiger partial charge on any atom is -0.383 e. The van der Waals surface area contributed by atoms with Crippen LogP contribution in [0.4, 0.5) is 0 Å². The van der Waals surface area contributed by atoms with Crippen molar-refractivity contribution in [2.24, 2.45) is 0 Å². The summed E-state index contributed by atoms with van der Waals surface area (Å²) in [6, 6.07) is 8.56. The van der Waals surface area contributed by atoms with Crippen LogP contribution in [0.5, 0.6) is 0 Å². The standard InChI is InChI=1S/C16H21BrN2OS/c1-12-19-11-16(21-12)9-14(10-18-6-7-20-2)13-4-3-5-15(17)8-13/h3-5,8,11,14,18H,6-7,9-10H2,1-2H3. The zero-order valence-corrected chi connectivity index (χ0v) is 14.8. The van der Waals surface area contributed by atoms with E-state index in [0.717, 1.165) is 35.6 Å². The van der Waals surface area contributed by atoms with E-state index >= 15 is 0 Å². The van der Waals surface area contributed by atoms with E-state index in [-0.39, 0.29) is 0 Å². The maximum absolute atomic E-state index is 5.09. The van der Waals surface area contributed by atoms with E-state index in [0.29, 0.717) is 5.92 Å². The van der Waals surface area contributed by atoms with Gasteiger partial charge in [0.15, 0.2) is 0 Å². The molecule has 5 heteroatoms. The Morgan fingerprint density at radius 2 is 2.29 bits per heavy atom. The summed E-state index contributed by atoms with van der Waals surface area (Å²) in [7, 11) is 1.73. The lowest BCUT2D eigenvalue weighted by molar-refractivity contribution is 0.199. The Bertz CT molecular complexity index is 559. The molecule has 1 heterocycles. The van der Waals surface area contributed by atoms with E-state index in [4.69, 9.17) is 4.74 Å². The first-order valence-electron chi connectivity index (χ1n) is 7.05. The van der Waals surface area contributed by atoms with Crippen LogP contribution in [-0.2, 0) is 11.2 Å². The fraction of sp³-hybridized carbons (Fsp3) is 0.438. The van der Waals surface area contributed by atoms with Gasteiger partial charge in [-0.25, -0.2) is 4.98 Å². The van der Waals surface area contributed by atoms with Crippen LogP contribution in [0.1, 0.15) is 21.4 Å². The van der Waals surface area contributed by atoms with Gasteiger partial charge < -0.3 is 10.1 Å². The smallest absolute Gasteiger partial charge is 0.0896 e. The van der Waals surface area contributed by atoms with Gasteiger partial charge in [0.2, 0.25) is 0 Å². The fourth-order valence-electron chi connectivity index (χ4n) is 2.26. The highest BCUT2D eigenvalue weighted by Crippen LogP contribution is 2.25. The molecule has 0 aliphatic carbocycles. The molecule has 0 saturated heterocycles. The third-order valence-corrected chi connectivity index (χ3v) is 4.74. The Morgan fingerprint density at radius 3 is 2.95 bits per heavy atom. The number of halogens is 1. The zero-order chi connectivity index (χ0) is 15.1. The van der Waals surface area contributed by atoms with Gasteiger partial charge in [-0.2, -0.15) is 0 Å². The molecule has 0 aliphatic heterocycles. The highest BCUT2D eigenvalue weighted by molar-refractivity contribution is 9.10. The number of rotatable bonds is 8. The van der Waals surface area contributed by atoms with Crippen molar-refractivity contribution in [3.8, 4) is 0 Å². The molecule has 114 valence electrons. The van der Waals surface area contributed by atoms with Gasteiger partial charge >= 0.3 is 0 Å². The van der Waals surface area contributed by atoms with E-state index in [1.54, 1.807) is 18.4 Å². The Hall–Kier alpha value is -0.750. The lowest BCUT2D eigenvalue weighted by Gasteiger charge is -2.18. The summed E-state index contributed by atoms with van der Waals surface area (Å²) in [5, 5.41) is 4.61. The van der Waals surface area contributed by atoms with E-state index < -0.39 is 0 Å². The molecule has 1 aromatic heterocycles. The number of aryl methyl sites for hydroxylation is 1. The molecule has 0 bridgehead atoms. The third kappa shape index (κ3) is 5.51. The molecule has 1 aromatic carbocycles. The molecule has 1 unspecified atom stereocenters. The summed E-state index contributed by atoms with van der Waals surface area (Å²) in [4.78, 5) is 5.70. The SMILES string of the molecule is COCCNCC(Cc1cnc(C)s1)c1cccc(Br)c1. The molecule has 3 nitrogen and oxygen atoms in total. The average Bonchev–Trinajstić information content (AvgIpc) is 2.87. The summed E-state index contributed by atoms with van der Waals surface area (Å²) in [6.07, 6.45) is 3.02. The largest absolute Gasteiger partial charge is 0.383 e. The summed E-state index contributed by atoms with van der Waals surface area (Å²) in [5.74, 6) is 0.444.